The van der Waals surface area contributed by atoms with Crippen molar-refractivity contribution < 1.29 is 4.79 Å². The van der Waals surface area contributed by atoms with Crippen molar-refractivity contribution in [3.05, 3.63) is 53.1 Å². The highest BCUT2D eigenvalue weighted by Gasteiger charge is 2.16. The first-order valence-corrected chi connectivity index (χ1v) is 6.19. The lowest BCUT2D eigenvalue weighted by Gasteiger charge is -2.08. The van der Waals surface area contributed by atoms with Crippen LogP contribution in [0.2, 0.25) is 0 Å². The summed E-state index contributed by atoms with van der Waals surface area (Å²) in [7, 11) is 0. The van der Waals surface area contributed by atoms with E-state index in [0.29, 0.717) is 17.8 Å². The number of benzene rings is 2. The average Bonchev–Trinajstić information content (AvgIpc) is 2.77. The van der Waals surface area contributed by atoms with Crippen molar-refractivity contribution in [1.82, 2.24) is 0 Å². The van der Waals surface area contributed by atoms with Gasteiger partial charge in [-0.05, 0) is 35.7 Å². The Kier molecular flexibility index (Phi) is 2.67. The van der Waals surface area contributed by atoms with Crippen LogP contribution in [0.1, 0.15) is 21.5 Å². The maximum atomic E-state index is 11.3. The van der Waals surface area contributed by atoms with Gasteiger partial charge in [0.25, 0.3) is 0 Å². The van der Waals surface area contributed by atoms with Gasteiger partial charge in [-0.15, -0.1) is 0 Å². The lowest BCUT2D eigenvalue weighted by Crippen LogP contribution is -2.09. The van der Waals surface area contributed by atoms with Gasteiger partial charge in [-0.2, -0.15) is 0 Å². The third-order valence-corrected chi connectivity index (χ3v) is 3.38. The third-order valence-electron chi connectivity index (χ3n) is 3.38. The van der Waals surface area contributed by atoms with Crippen molar-refractivity contribution in [3.63, 3.8) is 0 Å². The molecule has 0 saturated heterocycles. The fourth-order valence-corrected chi connectivity index (χ4v) is 2.37. The number of carbonyl (C=O) groups is 1. The molecule has 1 heterocycles. The molecule has 3 rings (SSSR count). The maximum Gasteiger partial charge on any atom is 0.150 e. The number of nitrogens with zero attached hydrogens (tertiary/aromatic N) is 1. The molecule has 1 aliphatic heterocycles. The van der Waals surface area contributed by atoms with E-state index in [0.717, 1.165) is 28.7 Å². The van der Waals surface area contributed by atoms with Crippen LogP contribution >= 0.6 is 0 Å². The Morgan fingerprint density at radius 2 is 1.95 bits per heavy atom. The van der Waals surface area contributed by atoms with E-state index in [4.69, 9.17) is 5.73 Å². The molecule has 2 aromatic carbocycles. The minimum atomic E-state index is 0.605. The maximum absolute atomic E-state index is 11.3. The summed E-state index contributed by atoms with van der Waals surface area (Å²) in [6.45, 7) is 2.04. The fourth-order valence-electron chi connectivity index (χ4n) is 2.37. The Morgan fingerprint density at radius 1 is 1.21 bits per heavy atom. The molecule has 3 heteroatoms. The molecular weight excluding hydrogens is 236 g/mol. The van der Waals surface area contributed by atoms with Crippen LogP contribution in [0.3, 0.4) is 0 Å². The Labute approximate surface area is 111 Å². The number of aliphatic imine (C=N–C) groups is 1. The zero-order valence-corrected chi connectivity index (χ0v) is 10.7. The van der Waals surface area contributed by atoms with E-state index < -0.39 is 0 Å². The van der Waals surface area contributed by atoms with Gasteiger partial charge < -0.3 is 5.73 Å². The van der Waals surface area contributed by atoms with E-state index in [9.17, 15) is 4.79 Å². The molecule has 0 fully saturated rings. The molecule has 94 valence electrons. The highest BCUT2D eigenvalue weighted by atomic mass is 16.1. The number of hydrogen-bond donors (Lipinski definition) is 1. The molecule has 1 aliphatic rings. The second-order valence-electron chi connectivity index (χ2n) is 4.83. The largest absolute Gasteiger partial charge is 0.387 e. The average molecular weight is 250 g/mol. The summed E-state index contributed by atoms with van der Waals surface area (Å²) in [5.74, 6) is 0.605. The van der Waals surface area contributed by atoms with Crippen LogP contribution in [0.25, 0.3) is 11.1 Å². The smallest absolute Gasteiger partial charge is 0.150 e. The first-order valence-electron chi connectivity index (χ1n) is 6.19. The summed E-state index contributed by atoms with van der Waals surface area (Å²) in [4.78, 5) is 15.6. The van der Waals surface area contributed by atoms with E-state index >= 15 is 0 Å². The summed E-state index contributed by atoms with van der Waals surface area (Å²) in [5, 5.41) is 0. The van der Waals surface area contributed by atoms with Crippen molar-refractivity contribution in [3.8, 4) is 11.1 Å². The lowest BCUT2D eigenvalue weighted by atomic mass is 9.96. The molecule has 0 spiro atoms. The van der Waals surface area contributed by atoms with Crippen molar-refractivity contribution in [1.29, 1.82) is 0 Å². The van der Waals surface area contributed by atoms with Gasteiger partial charge in [-0.1, -0.05) is 29.8 Å². The van der Waals surface area contributed by atoms with Crippen LogP contribution in [-0.2, 0) is 6.42 Å². The fraction of sp³-hybridized carbons (Fsp3) is 0.125. The molecule has 2 N–H and O–H groups in total. The van der Waals surface area contributed by atoms with Gasteiger partial charge in [0.2, 0.25) is 0 Å². The normalized spacial score (nSPS) is 13.0. The van der Waals surface area contributed by atoms with Gasteiger partial charge in [0, 0.05) is 12.0 Å². The molecule has 0 saturated carbocycles. The highest BCUT2D eigenvalue weighted by Crippen LogP contribution is 2.33. The third kappa shape index (κ3) is 2.03. The minimum Gasteiger partial charge on any atom is -0.387 e. The number of fused-ring (bicyclic) bond motifs is 1. The molecule has 0 atom stereocenters. The number of carbonyl (C=O) groups excluding carboxylic acids is 1. The molecule has 0 amide bonds. The lowest BCUT2D eigenvalue weighted by molar-refractivity contribution is 0.112. The predicted molar refractivity (Wildman–Crippen MR) is 77.0 cm³/mol. The number of aryl methyl sites for hydroxylation is 1. The van der Waals surface area contributed by atoms with Gasteiger partial charge >= 0.3 is 0 Å². The SMILES string of the molecule is Cc1ccc(-c2cc3c(cc2C=O)CC(N)=N3)cc1. The van der Waals surface area contributed by atoms with Crippen LogP contribution in [0.5, 0.6) is 0 Å². The van der Waals surface area contributed by atoms with E-state index in [1.165, 1.54) is 5.56 Å². The Hall–Kier alpha value is -2.42. The molecule has 0 bridgehead atoms. The Morgan fingerprint density at radius 3 is 2.63 bits per heavy atom. The first kappa shape index (κ1) is 11.7. The number of aldehydes is 1. The quantitative estimate of drug-likeness (QED) is 0.833. The van der Waals surface area contributed by atoms with Crippen LogP contribution in [-0.4, -0.2) is 12.1 Å². The number of rotatable bonds is 2. The van der Waals surface area contributed by atoms with Gasteiger partial charge in [-0.3, -0.25) is 4.79 Å². The molecule has 0 radical (unpaired) electrons. The van der Waals surface area contributed by atoms with E-state index in [-0.39, 0.29) is 0 Å². The van der Waals surface area contributed by atoms with Gasteiger partial charge in [0.05, 0.1) is 5.69 Å². The summed E-state index contributed by atoms with van der Waals surface area (Å²) in [6, 6.07) is 12.0. The van der Waals surface area contributed by atoms with Crippen molar-refractivity contribution in [2.45, 2.75) is 13.3 Å². The van der Waals surface area contributed by atoms with Gasteiger partial charge in [0.15, 0.2) is 6.29 Å². The molecular formula is C16H14N2O. The Balaban J connectivity index is 2.17. The zero-order chi connectivity index (χ0) is 13.4. The summed E-state index contributed by atoms with van der Waals surface area (Å²) in [5.41, 5.74) is 11.5. The zero-order valence-electron chi connectivity index (χ0n) is 10.7. The summed E-state index contributed by atoms with van der Waals surface area (Å²) < 4.78 is 0. The topological polar surface area (TPSA) is 55.5 Å². The van der Waals surface area contributed by atoms with E-state index in [2.05, 4.69) is 4.99 Å². The second-order valence-corrected chi connectivity index (χ2v) is 4.83. The van der Waals surface area contributed by atoms with Gasteiger partial charge in [0.1, 0.15) is 5.84 Å². The van der Waals surface area contributed by atoms with E-state index in [1.807, 2.05) is 43.3 Å². The van der Waals surface area contributed by atoms with Crippen LogP contribution in [0.4, 0.5) is 5.69 Å². The van der Waals surface area contributed by atoms with E-state index in [1.54, 1.807) is 0 Å². The standard InChI is InChI=1S/C16H14N2O/c1-10-2-4-11(5-3-10)14-8-15-12(6-13(14)9-19)7-16(17)18-15/h2-6,8-9H,7H2,1H3,(H2,17,18). The molecule has 0 unspecified atom stereocenters. The summed E-state index contributed by atoms with van der Waals surface area (Å²) >= 11 is 0. The Bertz CT molecular complexity index is 685. The van der Waals surface area contributed by atoms with Crippen LogP contribution in [0.15, 0.2) is 41.4 Å². The predicted octanol–water partition coefficient (Wildman–Crippen LogP) is 3.02. The molecule has 0 aliphatic carbocycles. The first-order chi connectivity index (χ1) is 9.17. The highest BCUT2D eigenvalue weighted by molar-refractivity contribution is 5.96. The molecule has 19 heavy (non-hydrogen) atoms. The second kappa shape index (κ2) is 4.35. The number of hydrogen-bond acceptors (Lipinski definition) is 3. The molecule has 2 aromatic rings. The van der Waals surface area contributed by atoms with Crippen LogP contribution in [0, 0.1) is 6.92 Å². The van der Waals surface area contributed by atoms with Crippen molar-refractivity contribution >= 4 is 17.8 Å². The monoisotopic (exact) mass is 250 g/mol. The molecule has 3 nitrogen and oxygen atoms in total. The van der Waals surface area contributed by atoms with Gasteiger partial charge in [-0.25, -0.2) is 4.99 Å². The molecule has 0 aromatic heterocycles. The number of amidine groups is 1. The summed E-state index contributed by atoms with van der Waals surface area (Å²) in [6.07, 6.45) is 1.52. The number of nitrogens with two attached hydrogens (primary N) is 1. The van der Waals surface area contributed by atoms with Crippen molar-refractivity contribution in [2.75, 3.05) is 0 Å². The van der Waals surface area contributed by atoms with Crippen LogP contribution < -0.4 is 5.73 Å². The van der Waals surface area contributed by atoms with Crippen molar-refractivity contribution in [2.24, 2.45) is 10.7 Å². The minimum absolute atomic E-state index is 0.605.